The summed E-state index contributed by atoms with van der Waals surface area (Å²) in [5, 5.41) is 12.3. The van der Waals surface area contributed by atoms with Crippen LogP contribution in [-0.4, -0.2) is 5.11 Å². The molecule has 21 heavy (non-hydrogen) atoms. The molecule has 106 valence electrons. The molecule has 3 aromatic rings. The Kier molecular flexibility index (Phi) is 3.67. The van der Waals surface area contributed by atoms with Crippen LogP contribution in [0.15, 0.2) is 60.7 Å². The molecule has 0 saturated carbocycles. The smallest absolute Gasteiger partial charge is 0.126 e. The Morgan fingerprint density at radius 1 is 0.857 bits per heavy atom. The summed E-state index contributed by atoms with van der Waals surface area (Å²) in [6.45, 7) is 0. The highest BCUT2D eigenvalue weighted by atomic mass is 19.1. The van der Waals surface area contributed by atoms with E-state index in [4.69, 9.17) is 0 Å². The fraction of sp³-hybridized carbons (Fsp3) is 0.111. The van der Waals surface area contributed by atoms with E-state index in [0.717, 1.165) is 29.0 Å². The first-order valence-electron chi connectivity index (χ1n) is 6.74. The van der Waals surface area contributed by atoms with Crippen LogP contribution in [-0.2, 0) is 6.42 Å². The number of hydrogen-bond donors (Lipinski definition) is 1. The van der Waals surface area contributed by atoms with Crippen molar-refractivity contribution in [2.24, 2.45) is 0 Å². The van der Waals surface area contributed by atoms with Crippen LogP contribution in [0.4, 0.5) is 8.78 Å². The molecule has 0 fully saturated rings. The van der Waals surface area contributed by atoms with E-state index in [1.54, 1.807) is 0 Å². The fourth-order valence-electron chi connectivity index (χ4n) is 2.44. The van der Waals surface area contributed by atoms with Crippen molar-refractivity contribution in [3.8, 4) is 0 Å². The lowest BCUT2D eigenvalue weighted by molar-refractivity contribution is 0.177. The number of benzene rings is 3. The highest BCUT2D eigenvalue weighted by Gasteiger charge is 2.13. The lowest BCUT2D eigenvalue weighted by Crippen LogP contribution is -2.04. The van der Waals surface area contributed by atoms with Gasteiger partial charge in [0.25, 0.3) is 0 Å². The summed E-state index contributed by atoms with van der Waals surface area (Å²) in [5.74, 6) is -1.01. The zero-order valence-corrected chi connectivity index (χ0v) is 11.3. The molecule has 0 radical (unpaired) electrons. The first kappa shape index (κ1) is 13.7. The van der Waals surface area contributed by atoms with Gasteiger partial charge in [0.05, 0.1) is 6.10 Å². The Balaban J connectivity index is 1.89. The van der Waals surface area contributed by atoms with Crippen molar-refractivity contribution in [1.82, 2.24) is 0 Å². The molecule has 0 aliphatic carbocycles. The van der Waals surface area contributed by atoms with Crippen LogP contribution in [0.3, 0.4) is 0 Å². The third-order valence-electron chi connectivity index (χ3n) is 3.58. The minimum absolute atomic E-state index is 0.0436. The maximum absolute atomic E-state index is 13.6. The normalized spacial score (nSPS) is 12.5. The minimum atomic E-state index is -0.870. The molecule has 0 aromatic heterocycles. The lowest BCUT2D eigenvalue weighted by atomic mass is 9.98. The summed E-state index contributed by atoms with van der Waals surface area (Å²) in [6.07, 6.45) is -0.826. The van der Waals surface area contributed by atoms with Crippen molar-refractivity contribution in [2.45, 2.75) is 12.5 Å². The van der Waals surface area contributed by atoms with Gasteiger partial charge in [0.2, 0.25) is 0 Å². The molecule has 0 aliphatic heterocycles. The first-order chi connectivity index (χ1) is 10.1. The number of hydrogen-bond acceptors (Lipinski definition) is 1. The van der Waals surface area contributed by atoms with E-state index in [1.807, 2.05) is 42.5 Å². The maximum atomic E-state index is 13.6. The summed E-state index contributed by atoms with van der Waals surface area (Å²) in [5.41, 5.74) is 0.869. The van der Waals surface area contributed by atoms with Gasteiger partial charge in [-0.1, -0.05) is 36.4 Å². The van der Waals surface area contributed by atoms with Gasteiger partial charge in [-0.25, -0.2) is 8.78 Å². The summed E-state index contributed by atoms with van der Waals surface area (Å²) >= 11 is 0. The van der Waals surface area contributed by atoms with Crippen molar-refractivity contribution < 1.29 is 13.9 Å². The largest absolute Gasteiger partial charge is 0.388 e. The molecule has 0 heterocycles. The van der Waals surface area contributed by atoms with Gasteiger partial charge in [-0.05, 0) is 46.2 Å². The summed E-state index contributed by atoms with van der Waals surface area (Å²) in [4.78, 5) is 0. The summed E-state index contributed by atoms with van der Waals surface area (Å²) < 4.78 is 26.8. The first-order valence-corrected chi connectivity index (χ1v) is 6.74. The topological polar surface area (TPSA) is 20.2 Å². The van der Waals surface area contributed by atoms with E-state index in [-0.39, 0.29) is 12.0 Å². The standard InChI is InChI=1S/C18H14F2O/c19-16-7-8-17(20)15(10-16)11-18(21)14-6-5-12-3-1-2-4-13(12)9-14/h1-10,18,21H,11H2. The summed E-state index contributed by atoms with van der Waals surface area (Å²) in [7, 11) is 0. The second kappa shape index (κ2) is 5.62. The predicted molar refractivity (Wildman–Crippen MR) is 79.0 cm³/mol. The van der Waals surface area contributed by atoms with Crippen LogP contribution in [0.5, 0.6) is 0 Å². The number of halogens is 2. The van der Waals surface area contributed by atoms with E-state index in [9.17, 15) is 13.9 Å². The van der Waals surface area contributed by atoms with Gasteiger partial charge in [0, 0.05) is 6.42 Å². The number of aliphatic hydroxyl groups is 1. The second-order valence-corrected chi connectivity index (χ2v) is 5.06. The quantitative estimate of drug-likeness (QED) is 0.756. The van der Waals surface area contributed by atoms with Crippen molar-refractivity contribution in [2.75, 3.05) is 0 Å². The average Bonchev–Trinajstić information content (AvgIpc) is 2.50. The second-order valence-electron chi connectivity index (χ2n) is 5.06. The minimum Gasteiger partial charge on any atom is -0.388 e. The predicted octanol–water partition coefficient (Wildman–Crippen LogP) is 4.39. The van der Waals surface area contributed by atoms with Crippen molar-refractivity contribution in [1.29, 1.82) is 0 Å². The van der Waals surface area contributed by atoms with Gasteiger partial charge in [0.15, 0.2) is 0 Å². The van der Waals surface area contributed by atoms with Crippen LogP contribution in [0.1, 0.15) is 17.2 Å². The molecule has 0 saturated heterocycles. The van der Waals surface area contributed by atoms with E-state index >= 15 is 0 Å². The Labute approximate surface area is 121 Å². The van der Waals surface area contributed by atoms with E-state index < -0.39 is 17.7 Å². The monoisotopic (exact) mass is 284 g/mol. The van der Waals surface area contributed by atoms with Crippen molar-refractivity contribution in [3.05, 3.63) is 83.4 Å². The molecule has 1 atom stereocenters. The van der Waals surface area contributed by atoms with Crippen LogP contribution in [0.25, 0.3) is 10.8 Å². The number of rotatable bonds is 3. The van der Waals surface area contributed by atoms with Crippen LogP contribution in [0.2, 0.25) is 0 Å². The Morgan fingerprint density at radius 3 is 2.43 bits per heavy atom. The third-order valence-corrected chi connectivity index (χ3v) is 3.58. The number of fused-ring (bicyclic) bond motifs is 1. The summed E-state index contributed by atoms with van der Waals surface area (Å²) in [6, 6.07) is 16.7. The van der Waals surface area contributed by atoms with Gasteiger partial charge in [-0.3, -0.25) is 0 Å². The zero-order valence-electron chi connectivity index (χ0n) is 11.3. The van der Waals surface area contributed by atoms with Crippen LogP contribution >= 0.6 is 0 Å². The zero-order chi connectivity index (χ0) is 14.8. The molecular weight excluding hydrogens is 270 g/mol. The SMILES string of the molecule is OC(Cc1cc(F)ccc1F)c1ccc2ccccc2c1. The molecule has 3 rings (SSSR count). The fourth-order valence-corrected chi connectivity index (χ4v) is 2.44. The number of aliphatic hydroxyl groups excluding tert-OH is 1. The van der Waals surface area contributed by atoms with Gasteiger partial charge in [0.1, 0.15) is 11.6 Å². The molecule has 1 unspecified atom stereocenters. The van der Waals surface area contributed by atoms with Gasteiger partial charge < -0.3 is 5.11 Å². The molecule has 0 aliphatic rings. The van der Waals surface area contributed by atoms with Gasteiger partial charge >= 0.3 is 0 Å². The molecule has 1 nitrogen and oxygen atoms in total. The van der Waals surface area contributed by atoms with E-state index in [2.05, 4.69) is 0 Å². The molecule has 1 N–H and O–H groups in total. The highest BCUT2D eigenvalue weighted by molar-refractivity contribution is 5.83. The van der Waals surface area contributed by atoms with Crippen molar-refractivity contribution >= 4 is 10.8 Å². The Bertz CT molecular complexity index is 783. The van der Waals surface area contributed by atoms with Gasteiger partial charge in [-0.2, -0.15) is 0 Å². The Hall–Kier alpha value is -2.26. The lowest BCUT2D eigenvalue weighted by Gasteiger charge is -2.13. The molecular formula is C18H14F2O. The van der Waals surface area contributed by atoms with E-state index in [0.29, 0.717) is 5.56 Å². The third kappa shape index (κ3) is 2.93. The highest BCUT2D eigenvalue weighted by Crippen LogP contribution is 2.24. The van der Waals surface area contributed by atoms with Crippen molar-refractivity contribution in [3.63, 3.8) is 0 Å². The molecule has 0 spiro atoms. The molecule has 3 heteroatoms. The van der Waals surface area contributed by atoms with Crippen LogP contribution in [0, 0.1) is 11.6 Å². The molecule has 0 bridgehead atoms. The molecule has 0 amide bonds. The van der Waals surface area contributed by atoms with E-state index in [1.165, 1.54) is 0 Å². The maximum Gasteiger partial charge on any atom is 0.126 e. The average molecular weight is 284 g/mol. The van der Waals surface area contributed by atoms with Gasteiger partial charge in [-0.15, -0.1) is 0 Å². The Morgan fingerprint density at radius 2 is 1.62 bits per heavy atom. The van der Waals surface area contributed by atoms with Crippen LogP contribution < -0.4 is 0 Å². The molecule has 3 aromatic carbocycles.